The molecule has 0 fully saturated rings. The molecule has 6 aromatic carbocycles. The normalized spacial score (nSPS) is 10.9. The van der Waals surface area contributed by atoms with E-state index in [2.05, 4.69) is 109 Å². The fourth-order valence-electron chi connectivity index (χ4n) is 5.14. The Labute approximate surface area is 244 Å². The van der Waals surface area contributed by atoms with Crippen LogP contribution in [0.3, 0.4) is 0 Å². The Morgan fingerprint density at radius 1 is 0.238 bits per heavy atom. The van der Waals surface area contributed by atoms with Crippen molar-refractivity contribution < 1.29 is 0 Å². The van der Waals surface area contributed by atoms with Crippen molar-refractivity contribution >= 4 is 32.7 Å². The lowest BCUT2D eigenvalue weighted by Gasteiger charge is -2.05. The molecule has 0 N–H and O–H groups in total. The monoisotopic (exact) mass is 537 g/mol. The third-order valence-electron chi connectivity index (χ3n) is 7.29. The zero-order valence-electron chi connectivity index (χ0n) is 22.9. The molecule has 10 rings (SSSR count). The molecule has 0 saturated carbocycles. The maximum Gasteiger partial charge on any atom is 0.0781 e. The first kappa shape index (κ1) is 25.3. The van der Waals surface area contributed by atoms with E-state index in [1.807, 2.05) is 54.6 Å². The molecule has 4 heterocycles. The largest absolute Gasteiger partial charge is 0.248 e. The highest BCUT2D eigenvalue weighted by Crippen LogP contribution is 2.27. The summed E-state index contributed by atoms with van der Waals surface area (Å²) in [7, 11) is 0. The van der Waals surface area contributed by atoms with Crippen LogP contribution in [0, 0.1) is 0 Å². The van der Waals surface area contributed by atoms with Crippen molar-refractivity contribution in [3.63, 3.8) is 0 Å². The van der Waals surface area contributed by atoms with Gasteiger partial charge in [0.15, 0.2) is 0 Å². The molecule has 0 spiro atoms. The topological polar surface area (TPSA) is 38.7 Å². The Morgan fingerprint density at radius 3 is 0.714 bits per heavy atom. The smallest absolute Gasteiger partial charge is 0.0781 e. The molecule has 0 saturated heterocycles. The van der Waals surface area contributed by atoms with Crippen molar-refractivity contribution in [1.82, 2.24) is 15.0 Å². The summed E-state index contributed by atoms with van der Waals surface area (Å²) in [5.41, 5.74) is 8.55. The minimum absolute atomic E-state index is 0.879. The van der Waals surface area contributed by atoms with Crippen molar-refractivity contribution in [1.29, 1.82) is 0 Å². The quantitative estimate of drug-likeness (QED) is 0.225. The van der Waals surface area contributed by atoms with Crippen LogP contribution in [-0.4, -0.2) is 15.0 Å². The maximum absolute atomic E-state index is 5.13. The van der Waals surface area contributed by atoms with Crippen molar-refractivity contribution in [3.05, 3.63) is 164 Å². The van der Waals surface area contributed by atoms with Gasteiger partial charge in [-0.25, -0.2) is 15.0 Å². The molecule has 0 unspecified atom stereocenters. The molecule has 6 bridgehead atoms. The van der Waals surface area contributed by atoms with Gasteiger partial charge in [0.2, 0.25) is 0 Å². The Hall–Kier alpha value is -5.67. The van der Waals surface area contributed by atoms with Crippen LogP contribution in [0.15, 0.2) is 164 Å². The number of rotatable bonds is 3. The predicted octanol–water partition coefficient (Wildman–Crippen LogP) is 10.0. The third-order valence-corrected chi connectivity index (χ3v) is 7.29. The van der Waals surface area contributed by atoms with Gasteiger partial charge in [-0.1, -0.05) is 127 Å². The van der Waals surface area contributed by atoms with Gasteiger partial charge in [0.05, 0.1) is 33.6 Å². The van der Waals surface area contributed by atoms with Gasteiger partial charge >= 0.3 is 0 Å². The number of nitrogens with zero attached hydrogens (tertiary/aromatic N) is 3. The van der Waals surface area contributed by atoms with Crippen molar-refractivity contribution in [3.8, 4) is 33.8 Å². The van der Waals surface area contributed by atoms with Crippen molar-refractivity contribution in [2.45, 2.75) is 0 Å². The van der Waals surface area contributed by atoms with Crippen LogP contribution in [0.2, 0.25) is 0 Å². The lowest BCUT2D eigenvalue weighted by molar-refractivity contribution is 1.40. The first-order chi connectivity index (χ1) is 20.8. The molecule has 198 valence electrons. The van der Waals surface area contributed by atoms with E-state index in [0.717, 1.165) is 66.5 Å². The molecule has 42 heavy (non-hydrogen) atoms. The lowest BCUT2D eigenvalue weighted by Crippen LogP contribution is -1.87. The molecule has 0 aliphatic rings. The first-order valence-corrected chi connectivity index (χ1v) is 14.0. The fraction of sp³-hybridized carbons (Fsp3) is 0. The summed E-state index contributed by atoms with van der Waals surface area (Å²) in [6.07, 6.45) is 0. The van der Waals surface area contributed by atoms with Crippen LogP contribution in [-0.2, 0) is 0 Å². The van der Waals surface area contributed by atoms with Gasteiger partial charge in [0, 0.05) is 32.8 Å². The number of fused-ring (bicyclic) bond motifs is 3. The number of hydrogen-bond donors (Lipinski definition) is 0. The van der Waals surface area contributed by atoms with E-state index in [0.29, 0.717) is 0 Å². The van der Waals surface area contributed by atoms with Gasteiger partial charge in [0.1, 0.15) is 0 Å². The minimum atomic E-state index is 0.879. The van der Waals surface area contributed by atoms with Gasteiger partial charge in [-0.15, -0.1) is 0 Å². The molecule has 4 aromatic heterocycles. The van der Waals surface area contributed by atoms with E-state index >= 15 is 0 Å². The van der Waals surface area contributed by atoms with Gasteiger partial charge in [-0.3, -0.25) is 0 Å². The minimum Gasteiger partial charge on any atom is -0.248 e. The summed E-state index contributed by atoms with van der Waals surface area (Å²) in [5.74, 6) is 0. The highest BCUT2D eigenvalue weighted by molar-refractivity contribution is 5.85. The third kappa shape index (κ3) is 5.36. The molecular weight excluding hydrogens is 510 g/mol. The number of benzene rings is 6. The summed E-state index contributed by atoms with van der Waals surface area (Å²) in [6, 6.07) is 56.0. The lowest BCUT2D eigenvalue weighted by atomic mass is 10.1. The highest BCUT2D eigenvalue weighted by Gasteiger charge is 2.06. The summed E-state index contributed by atoms with van der Waals surface area (Å²) in [4.78, 5) is 15.4. The average molecular weight is 538 g/mol. The molecular formula is C39H27N3. The highest BCUT2D eigenvalue weighted by atomic mass is 14.7. The zero-order chi connectivity index (χ0) is 28.1. The van der Waals surface area contributed by atoms with Crippen LogP contribution < -0.4 is 0 Å². The van der Waals surface area contributed by atoms with E-state index in [9.17, 15) is 0 Å². The number of hydrogen-bond acceptors (Lipinski definition) is 3. The maximum atomic E-state index is 5.13. The molecule has 3 nitrogen and oxygen atoms in total. The van der Waals surface area contributed by atoms with Gasteiger partial charge < -0.3 is 0 Å². The van der Waals surface area contributed by atoms with Crippen LogP contribution in [0.25, 0.3) is 66.5 Å². The summed E-state index contributed by atoms with van der Waals surface area (Å²) in [5, 5.41) is 3.09. The van der Waals surface area contributed by atoms with Gasteiger partial charge in [0.25, 0.3) is 0 Å². The molecule has 0 radical (unpaired) electrons. The molecule has 10 aromatic rings. The Morgan fingerprint density at radius 2 is 0.476 bits per heavy atom. The molecule has 0 aliphatic carbocycles. The van der Waals surface area contributed by atoms with E-state index in [1.54, 1.807) is 0 Å². The predicted molar refractivity (Wildman–Crippen MR) is 175 cm³/mol. The summed E-state index contributed by atoms with van der Waals surface area (Å²) < 4.78 is 0. The van der Waals surface area contributed by atoms with Crippen molar-refractivity contribution in [2.24, 2.45) is 0 Å². The SMILES string of the molecule is c1ccc(-c2nc3ccc(cc3)c(-c3ccccc3)nc3ccc(cc3)c(-c3ccccc3)nc3ccc2cc3)cc1. The summed E-state index contributed by atoms with van der Waals surface area (Å²) >= 11 is 0. The zero-order valence-corrected chi connectivity index (χ0v) is 22.9. The van der Waals surface area contributed by atoms with E-state index in [1.165, 1.54) is 0 Å². The second-order valence-corrected chi connectivity index (χ2v) is 10.1. The van der Waals surface area contributed by atoms with E-state index in [-0.39, 0.29) is 0 Å². The first-order valence-electron chi connectivity index (χ1n) is 14.0. The number of aromatic nitrogens is 3. The second-order valence-electron chi connectivity index (χ2n) is 10.1. The fourth-order valence-corrected chi connectivity index (χ4v) is 5.14. The molecule has 0 amide bonds. The van der Waals surface area contributed by atoms with Crippen LogP contribution in [0.1, 0.15) is 0 Å². The Balaban J connectivity index is 1.58. The van der Waals surface area contributed by atoms with E-state index < -0.39 is 0 Å². The molecule has 3 heteroatoms. The van der Waals surface area contributed by atoms with Gasteiger partial charge in [-0.05, 0) is 36.4 Å². The van der Waals surface area contributed by atoms with Crippen LogP contribution >= 0.6 is 0 Å². The summed E-state index contributed by atoms with van der Waals surface area (Å²) in [6.45, 7) is 0. The van der Waals surface area contributed by atoms with E-state index in [4.69, 9.17) is 15.0 Å². The molecule has 0 atom stereocenters. The Bertz CT molecular complexity index is 1820. The van der Waals surface area contributed by atoms with Gasteiger partial charge in [-0.2, -0.15) is 0 Å². The molecule has 0 aliphatic heterocycles. The average Bonchev–Trinajstić information content (AvgIpc) is 3.07. The van der Waals surface area contributed by atoms with Crippen molar-refractivity contribution in [2.75, 3.05) is 0 Å². The standard InChI is InChI=1S/C39H27N3/c1-4-10-28(11-5-1)37-31-16-22-35(23-17-31)41-39(30-14-8-3-9-15-30)33-20-26-36(27-21-33)42-38(29-12-6-2-7-13-29)32-18-24-34(40-37)25-19-32/h1-27H. The second kappa shape index (κ2) is 11.4. The Kier molecular flexibility index (Phi) is 6.89. The van der Waals surface area contributed by atoms with Crippen LogP contribution in [0.5, 0.6) is 0 Å². The van der Waals surface area contributed by atoms with Crippen LogP contribution in [0.4, 0.5) is 0 Å².